The summed E-state index contributed by atoms with van der Waals surface area (Å²) >= 11 is 0. The summed E-state index contributed by atoms with van der Waals surface area (Å²) in [6, 6.07) is 3.51. The van der Waals surface area contributed by atoms with Gasteiger partial charge in [-0.2, -0.15) is 0 Å². The molecule has 0 aromatic carbocycles. The first-order valence-electron chi connectivity index (χ1n) is 5.36. The van der Waals surface area contributed by atoms with Crippen LogP contribution in [0.25, 0.3) is 11.5 Å². The molecule has 0 aliphatic rings. The molecule has 0 spiro atoms. The van der Waals surface area contributed by atoms with E-state index in [0.717, 1.165) is 0 Å². The van der Waals surface area contributed by atoms with Gasteiger partial charge in [0, 0.05) is 6.92 Å². The van der Waals surface area contributed by atoms with Gasteiger partial charge in [0.25, 0.3) is 0 Å². The van der Waals surface area contributed by atoms with Gasteiger partial charge in [0.2, 0.25) is 0 Å². The van der Waals surface area contributed by atoms with Crippen LogP contribution in [0.4, 0.5) is 0 Å². The molecule has 2 aromatic heterocycles. The molecule has 0 fully saturated rings. The highest BCUT2D eigenvalue weighted by Crippen LogP contribution is 2.25. The summed E-state index contributed by atoms with van der Waals surface area (Å²) in [4.78, 5) is 15.6. The third-order valence-corrected chi connectivity index (χ3v) is 2.17. The largest absolute Gasteiger partial charge is 0.466 e. The summed E-state index contributed by atoms with van der Waals surface area (Å²) in [7, 11) is 0. The predicted octanol–water partition coefficient (Wildman–Crippen LogP) is 2.35. The number of carbonyl (C=O) groups is 1. The number of carbonyl (C=O) groups excluding carboxylic acids is 1. The zero-order valence-electron chi connectivity index (χ0n) is 9.73. The molecule has 0 bridgehead atoms. The Hall–Kier alpha value is -2.04. The van der Waals surface area contributed by atoms with E-state index >= 15 is 0 Å². The molecular formula is C12H13NO4. The van der Waals surface area contributed by atoms with Crippen LogP contribution in [0.5, 0.6) is 0 Å². The second kappa shape index (κ2) is 4.86. The summed E-state index contributed by atoms with van der Waals surface area (Å²) in [5.74, 6) is 1.22. The van der Waals surface area contributed by atoms with Crippen LogP contribution in [0, 0.1) is 6.92 Å². The molecule has 2 heterocycles. The van der Waals surface area contributed by atoms with Crippen molar-refractivity contribution in [3.63, 3.8) is 0 Å². The van der Waals surface area contributed by atoms with Crippen molar-refractivity contribution in [2.75, 3.05) is 6.61 Å². The molecule has 0 atom stereocenters. The number of furan rings is 1. The van der Waals surface area contributed by atoms with E-state index in [4.69, 9.17) is 13.6 Å². The lowest BCUT2D eigenvalue weighted by atomic mass is 10.2. The highest BCUT2D eigenvalue weighted by atomic mass is 16.5. The first-order valence-corrected chi connectivity index (χ1v) is 5.36. The van der Waals surface area contributed by atoms with E-state index in [1.165, 1.54) is 0 Å². The van der Waals surface area contributed by atoms with Crippen molar-refractivity contribution in [2.45, 2.75) is 20.3 Å². The zero-order valence-corrected chi connectivity index (χ0v) is 9.73. The van der Waals surface area contributed by atoms with Gasteiger partial charge in [0.05, 0.1) is 19.3 Å². The predicted molar refractivity (Wildman–Crippen MR) is 59.3 cm³/mol. The zero-order chi connectivity index (χ0) is 12.3. The SMILES string of the molecule is CCOC(=O)Cc1nc(C)oc1-c1ccco1. The number of hydrogen-bond donors (Lipinski definition) is 0. The van der Waals surface area contributed by atoms with Crippen molar-refractivity contribution >= 4 is 5.97 Å². The minimum atomic E-state index is -0.325. The number of aryl methyl sites for hydroxylation is 1. The topological polar surface area (TPSA) is 65.5 Å². The third-order valence-electron chi connectivity index (χ3n) is 2.17. The molecule has 0 radical (unpaired) electrons. The number of oxazole rings is 1. The fourth-order valence-electron chi connectivity index (χ4n) is 1.54. The second-order valence-electron chi connectivity index (χ2n) is 3.47. The third kappa shape index (κ3) is 2.55. The number of aromatic nitrogens is 1. The Labute approximate surface area is 98.4 Å². The van der Waals surface area contributed by atoms with Crippen LogP contribution in [0.1, 0.15) is 18.5 Å². The monoisotopic (exact) mass is 235 g/mol. The van der Waals surface area contributed by atoms with Crippen LogP contribution in [-0.2, 0) is 16.0 Å². The highest BCUT2D eigenvalue weighted by molar-refractivity contribution is 5.74. The van der Waals surface area contributed by atoms with E-state index in [9.17, 15) is 4.79 Å². The molecular weight excluding hydrogens is 222 g/mol. The minimum absolute atomic E-state index is 0.0845. The number of esters is 1. The van der Waals surface area contributed by atoms with Crippen molar-refractivity contribution in [3.8, 4) is 11.5 Å². The fourth-order valence-corrected chi connectivity index (χ4v) is 1.54. The lowest BCUT2D eigenvalue weighted by Crippen LogP contribution is -2.08. The lowest BCUT2D eigenvalue weighted by Gasteiger charge is -1.99. The van der Waals surface area contributed by atoms with E-state index in [0.29, 0.717) is 29.7 Å². The van der Waals surface area contributed by atoms with Crippen molar-refractivity contribution < 1.29 is 18.4 Å². The number of ether oxygens (including phenoxy) is 1. The molecule has 5 heteroatoms. The van der Waals surface area contributed by atoms with Crippen LogP contribution < -0.4 is 0 Å². The van der Waals surface area contributed by atoms with E-state index in [1.54, 1.807) is 32.2 Å². The number of hydrogen-bond acceptors (Lipinski definition) is 5. The van der Waals surface area contributed by atoms with Crippen molar-refractivity contribution in [3.05, 3.63) is 30.0 Å². The first-order chi connectivity index (χ1) is 8.20. The molecule has 17 heavy (non-hydrogen) atoms. The Morgan fingerprint density at radius 1 is 1.53 bits per heavy atom. The maximum atomic E-state index is 11.4. The number of nitrogens with zero attached hydrogens (tertiary/aromatic N) is 1. The van der Waals surface area contributed by atoms with Gasteiger partial charge in [-0.25, -0.2) is 4.98 Å². The van der Waals surface area contributed by atoms with Crippen molar-refractivity contribution in [1.82, 2.24) is 4.98 Å². The molecule has 2 rings (SSSR count). The first kappa shape index (κ1) is 11.4. The molecule has 0 unspecified atom stereocenters. The minimum Gasteiger partial charge on any atom is -0.466 e. The molecule has 90 valence electrons. The van der Waals surface area contributed by atoms with Gasteiger partial charge < -0.3 is 13.6 Å². The molecule has 0 amide bonds. The normalized spacial score (nSPS) is 10.5. The summed E-state index contributed by atoms with van der Waals surface area (Å²) in [5, 5.41) is 0. The quantitative estimate of drug-likeness (QED) is 0.761. The molecule has 5 nitrogen and oxygen atoms in total. The molecule has 0 saturated carbocycles. The molecule has 2 aromatic rings. The lowest BCUT2D eigenvalue weighted by molar-refractivity contribution is -0.142. The number of rotatable bonds is 4. The Morgan fingerprint density at radius 3 is 3.00 bits per heavy atom. The van der Waals surface area contributed by atoms with Crippen LogP contribution in [-0.4, -0.2) is 17.6 Å². The van der Waals surface area contributed by atoms with Gasteiger partial charge in [-0.15, -0.1) is 0 Å². The average molecular weight is 235 g/mol. The van der Waals surface area contributed by atoms with Crippen LogP contribution in [0.2, 0.25) is 0 Å². The molecule has 0 saturated heterocycles. The highest BCUT2D eigenvalue weighted by Gasteiger charge is 2.18. The van der Waals surface area contributed by atoms with E-state index in [-0.39, 0.29) is 12.4 Å². The van der Waals surface area contributed by atoms with Gasteiger partial charge >= 0.3 is 5.97 Å². The average Bonchev–Trinajstić information content (AvgIpc) is 2.87. The summed E-state index contributed by atoms with van der Waals surface area (Å²) in [5.41, 5.74) is 0.538. The van der Waals surface area contributed by atoms with Crippen LogP contribution >= 0.6 is 0 Å². The standard InChI is InChI=1S/C12H13NO4/c1-3-15-11(14)7-9-12(17-8(2)13-9)10-5-4-6-16-10/h4-6H,3,7H2,1-2H3. The molecule has 0 N–H and O–H groups in total. The Morgan fingerprint density at radius 2 is 2.35 bits per heavy atom. The summed E-state index contributed by atoms with van der Waals surface area (Å²) in [6.07, 6.45) is 1.63. The summed E-state index contributed by atoms with van der Waals surface area (Å²) in [6.45, 7) is 3.84. The van der Waals surface area contributed by atoms with E-state index in [1.807, 2.05) is 0 Å². The van der Waals surface area contributed by atoms with Gasteiger partial charge in [-0.3, -0.25) is 4.79 Å². The Balaban J connectivity index is 2.25. The van der Waals surface area contributed by atoms with Gasteiger partial charge in [0.15, 0.2) is 17.4 Å². The summed E-state index contributed by atoms with van der Waals surface area (Å²) < 4.78 is 15.5. The van der Waals surface area contributed by atoms with Crippen molar-refractivity contribution in [1.29, 1.82) is 0 Å². The van der Waals surface area contributed by atoms with Crippen LogP contribution in [0.3, 0.4) is 0 Å². The van der Waals surface area contributed by atoms with Gasteiger partial charge in [-0.1, -0.05) is 0 Å². The fraction of sp³-hybridized carbons (Fsp3) is 0.333. The van der Waals surface area contributed by atoms with E-state index < -0.39 is 0 Å². The van der Waals surface area contributed by atoms with Crippen LogP contribution in [0.15, 0.2) is 27.2 Å². The van der Waals surface area contributed by atoms with E-state index in [2.05, 4.69) is 4.98 Å². The second-order valence-corrected chi connectivity index (χ2v) is 3.47. The van der Waals surface area contributed by atoms with Gasteiger partial charge in [-0.05, 0) is 19.1 Å². The van der Waals surface area contributed by atoms with Gasteiger partial charge in [0.1, 0.15) is 5.69 Å². The maximum Gasteiger partial charge on any atom is 0.312 e. The Bertz CT molecular complexity index is 499. The Kier molecular flexibility index (Phi) is 3.27. The molecule has 0 aliphatic carbocycles. The maximum absolute atomic E-state index is 11.4. The molecule has 0 aliphatic heterocycles. The smallest absolute Gasteiger partial charge is 0.312 e. The van der Waals surface area contributed by atoms with Crippen molar-refractivity contribution in [2.24, 2.45) is 0 Å².